The van der Waals surface area contributed by atoms with E-state index >= 15 is 0 Å². The minimum atomic E-state index is 0.476. The quantitative estimate of drug-likeness (QED) is 0.579. The molecule has 2 aromatic carbocycles. The summed E-state index contributed by atoms with van der Waals surface area (Å²) in [5.74, 6) is 1.70. The van der Waals surface area contributed by atoms with E-state index in [2.05, 4.69) is 22.0 Å². The van der Waals surface area contributed by atoms with Crippen molar-refractivity contribution < 1.29 is 9.47 Å². The van der Waals surface area contributed by atoms with Crippen molar-refractivity contribution in [1.29, 1.82) is 0 Å². The number of aromatic nitrogens is 1. The number of fused-ring (bicyclic) bond motifs is 1. The Morgan fingerprint density at radius 3 is 2.57 bits per heavy atom. The van der Waals surface area contributed by atoms with Crippen LogP contribution in [0.1, 0.15) is 24.0 Å². The zero-order chi connectivity index (χ0) is 19.5. The summed E-state index contributed by atoms with van der Waals surface area (Å²) in [6.07, 6.45) is 5.24. The van der Waals surface area contributed by atoms with E-state index in [1.807, 2.05) is 36.5 Å². The van der Waals surface area contributed by atoms with Crippen LogP contribution in [0.4, 0.5) is 0 Å². The van der Waals surface area contributed by atoms with E-state index in [0.29, 0.717) is 6.04 Å². The Morgan fingerprint density at radius 2 is 1.82 bits per heavy atom. The van der Waals surface area contributed by atoms with Crippen molar-refractivity contribution >= 4 is 22.5 Å². The minimum Gasteiger partial charge on any atom is -0.497 e. The summed E-state index contributed by atoms with van der Waals surface area (Å²) in [6, 6.07) is 14.7. The van der Waals surface area contributed by atoms with Crippen molar-refractivity contribution in [3.8, 4) is 11.5 Å². The van der Waals surface area contributed by atoms with E-state index in [1.165, 1.54) is 18.4 Å². The first kappa shape index (κ1) is 19.0. The molecule has 0 spiro atoms. The van der Waals surface area contributed by atoms with E-state index < -0.39 is 0 Å². The highest BCUT2D eigenvalue weighted by Gasteiger charge is 2.26. The summed E-state index contributed by atoms with van der Waals surface area (Å²) in [7, 11) is 3.37. The lowest BCUT2D eigenvalue weighted by Crippen LogP contribution is -2.30. The molecule has 28 heavy (non-hydrogen) atoms. The van der Waals surface area contributed by atoms with Crippen LogP contribution < -0.4 is 9.47 Å². The molecule has 0 N–H and O–H groups in total. The third kappa shape index (κ3) is 3.94. The van der Waals surface area contributed by atoms with Crippen LogP contribution in [0, 0.1) is 0 Å². The molecule has 1 aliphatic rings. The molecule has 4 rings (SSSR count). The molecule has 1 aromatic heterocycles. The summed E-state index contributed by atoms with van der Waals surface area (Å²) in [5, 5.41) is 1.75. The average molecular weight is 397 g/mol. The van der Waals surface area contributed by atoms with Crippen LogP contribution >= 0.6 is 11.6 Å². The molecule has 1 aliphatic heterocycles. The molecule has 3 aromatic rings. The van der Waals surface area contributed by atoms with Gasteiger partial charge in [-0.1, -0.05) is 23.7 Å². The van der Waals surface area contributed by atoms with Crippen molar-refractivity contribution in [1.82, 2.24) is 9.88 Å². The molecule has 0 saturated carbocycles. The van der Waals surface area contributed by atoms with Crippen molar-refractivity contribution in [2.45, 2.75) is 31.8 Å². The lowest BCUT2D eigenvalue weighted by molar-refractivity contribution is 0.244. The first-order valence-electron chi connectivity index (χ1n) is 9.66. The van der Waals surface area contributed by atoms with E-state index in [1.54, 1.807) is 14.2 Å². The zero-order valence-corrected chi connectivity index (χ0v) is 17.1. The lowest BCUT2D eigenvalue weighted by Gasteiger charge is -2.25. The van der Waals surface area contributed by atoms with Crippen LogP contribution in [0.15, 0.2) is 48.7 Å². The second-order valence-electron chi connectivity index (χ2n) is 7.30. The van der Waals surface area contributed by atoms with Crippen molar-refractivity contribution in [3.63, 3.8) is 0 Å². The van der Waals surface area contributed by atoms with Gasteiger partial charge in [0.25, 0.3) is 0 Å². The Bertz CT molecular complexity index is 959. The SMILES string of the molecule is COc1ccc(CN2CCCC2Cc2cnc3ccc(OC)cc3c2Cl)cc1. The van der Waals surface area contributed by atoms with Gasteiger partial charge in [-0.25, -0.2) is 0 Å². The second kappa shape index (κ2) is 8.38. The van der Waals surface area contributed by atoms with E-state index in [9.17, 15) is 0 Å². The summed E-state index contributed by atoms with van der Waals surface area (Å²) in [5.41, 5.74) is 3.31. The fourth-order valence-corrected chi connectivity index (χ4v) is 4.28. The number of pyridine rings is 1. The maximum Gasteiger partial charge on any atom is 0.119 e. The van der Waals surface area contributed by atoms with Crippen molar-refractivity contribution in [2.24, 2.45) is 0 Å². The van der Waals surface area contributed by atoms with Gasteiger partial charge >= 0.3 is 0 Å². The summed E-state index contributed by atoms with van der Waals surface area (Å²) < 4.78 is 10.6. The third-order valence-electron chi connectivity index (χ3n) is 5.58. The Balaban J connectivity index is 1.52. The number of likely N-dealkylation sites (tertiary alicyclic amines) is 1. The topological polar surface area (TPSA) is 34.6 Å². The summed E-state index contributed by atoms with van der Waals surface area (Å²) >= 11 is 6.76. The van der Waals surface area contributed by atoms with Gasteiger partial charge in [0.2, 0.25) is 0 Å². The van der Waals surface area contributed by atoms with Crippen LogP contribution in [0.3, 0.4) is 0 Å². The van der Waals surface area contributed by atoms with Crippen LogP contribution in [-0.2, 0) is 13.0 Å². The highest BCUT2D eigenvalue weighted by atomic mass is 35.5. The fourth-order valence-electron chi connectivity index (χ4n) is 4.00. The van der Waals surface area contributed by atoms with Gasteiger partial charge < -0.3 is 9.47 Å². The molecular formula is C23H25ClN2O2. The van der Waals surface area contributed by atoms with Gasteiger partial charge in [-0.15, -0.1) is 0 Å². The standard InChI is InChI=1S/C23H25ClN2O2/c1-27-19-7-5-16(6-8-19)15-26-11-3-4-18(26)12-17-14-25-22-10-9-20(28-2)13-21(22)23(17)24/h5-10,13-14,18H,3-4,11-12,15H2,1-2H3. The Morgan fingerprint density at radius 1 is 1.07 bits per heavy atom. The number of benzene rings is 2. The Labute approximate surface area is 171 Å². The smallest absolute Gasteiger partial charge is 0.119 e. The van der Waals surface area contributed by atoms with Crippen molar-refractivity contribution in [3.05, 3.63) is 64.8 Å². The predicted octanol–water partition coefficient (Wildman–Crippen LogP) is 5.11. The number of ether oxygens (including phenoxy) is 2. The summed E-state index contributed by atoms with van der Waals surface area (Å²) in [4.78, 5) is 7.16. The predicted molar refractivity (Wildman–Crippen MR) is 113 cm³/mol. The lowest BCUT2D eigenvalue weighted by atomic mass is 10.0. The molecule has 1 unspecified atom stereocenters. The molecule has 0 aliphatic carbocycles. The van der Waals surface area contributed by atoms with E-state index in [-0.39, 0.29) is 0 Å². The molecule has 1 atom stereocenters. The van der Waals surface area contributed by atoms with Gasteiger partial charge in [-0.2, -0.15) is 0 Å². The third-order valence-corrected chi connectivity index (χ3v) is 6.03. The summed E-state index contributed by atoms with van der Waals surface area (Å²) in [6.45, 7) is 2.06. The maximum atomic E-state index is 6.76. The molecule has 0 amide bonds. The van der Waals surface area contributed by atoms with Crippen LogP contribution in [0.2, 0.25) is 5.02 Å². The average Bonchev–Trinajstić information content (AvgIpc) is 3.17. The molecule has 2 heterocycles. The Kier molecular flexibility index (Phi) is 5.69. The molecular weight excluding hydrogens is 372 g/mol. The number of nitrogens with zero attached hydrogens (tertiary/aromatic N) is 2. The normalized spacial score (nSPS) is 17.2. The molecule has 146 valence electrons. The zero-order valence-electron chi connectivity index (χ0n) is 16.3. The number of hydrogen-bond donors (Lipinski definition) is 0. The first-order chi connectivity index (χ1) is 13.7. The van der Waals surface area contributed by atoms with Crippen LogP contribution in [0.5, 0.6) is 11.5 Å². The van der Waals surface area contributed by atoms with E-state index in [0.717, 1.165) is 52.5 Å². The molecule has 5 heteroatoms. The highest BCUT2D eigenvalue weighted by molar-refractivity contribution is 6.36. The number of halogens is 1. The maximum absolute atomic E-state index is 6.76. The number of rotatable bonds is 6. The van der Waals surface area contributed by atoms with Gasteiger partial charge in [-0.05, 0) is 67.3 Å². The van der Waals surface area contributed by atoms with Gasteiger partial charge in [0.15, 0.2) is 0 Å². The molecule has 0 bridgehead atoms. The van der Waals surface area contributed by atoms with Gasteiger partial charge in [-0.3, -0.25) is 9.88 Å². The first-order valence-corrected chi connectivity index (χ1v) is 10.0. The minimum absolute atomic E-state index is 0.476. The largest absolute Gasteiger partial charge is 0.497 e. The van der Waals surface area contributed by atoms with Crippen LogP contribution in [0.25, 0.3) is 10.9 Å². The second-order valence-corrected chi connectivity index (χ2v) is 7.68. The van der Waals surface area contributed by atoms with Crippen molar-refractivity contribution in [2.75, 3.05) is 20.8 Å². The molecule has 0 radical (unpaired) electrons. The molecule has 1 fully saturated rings. The number of methoxy groups -OCH3 is 2. The number of hydrogen-bond acceptors (Lipinski definition) is 4. The fraction of sp³-hybridized carbons (Fsp3) is 0.348. The van der Waals surface area contributed by atoms with Crippen LogP contribution in [-0.4, -0.2) is 36.7 Å². The highest BCUT2D eigenvalue weighted by Crippen LogP contribution is 2.32. The van der Waals surface area contributed by atoms with Gasteiger partial charge in [0, 0.05) is 24.2 Å². The molecule has 4 nitrogen and oxygen atoms in total. The Hall–Kier alpha value is -2.30. The van der Waals surface area contributed by atoms with Gasteiger partial charge in [0.05, 0.1) is 24.8 Å². The monoisotopic (exact) mass is 396 g/mol. The van der Waals surface area contributed by atoms with E-state index in [4.69, 9.17) is 21.1 Å². The van der Waals surface area contributed by atoms with Gasteiger partial charge in [0.1, 0.15) is 11.5 Å². The molecule has 1 saturated heterocycles.